The summed E-state index contributed by atoms with van der Waals surface area (Å²) < 4.78 is 0. The molecule has 0 aromatic heterocycles. The summed E-state index contributed by atoms with van der Waals surface area (Å²) >= 11 is 0. The molecule has 2 aliphatic rings. The van der Waals surface area contributed by atoms with Crippen molar-refractivity contribution in [2.45, 2.75) is 44.3 Å². The molecule has 108 valence electrons. The number of benzene rings is 1. The van der Waals surface area contributed by atoms with Crippen LogP contribution in [-0.4, -0.2) is 35.0 Å². The Hall–Kier alpha value is -1.46. The van der Waals surface area contributed by atoms with Gasteiger partial charge in [-0.3, -0.25) is 10.1 Å². The number of hydrogen-bond donors (Lipinski definition) is 1. The van der Waals surface area contributed by atoms with Crippen LogP contribution in [0.15, 0.2) is 24.3 Å². The number of piperidine rings is 1. The van der Waals surface area contributed by atoms with Gasteiger partial charge >= 0.3 is 0 Å². The minimum atomic E-state index is -0.354. The average Bonchev–Trinajstić information content (AvgIpc) is 2.93. The van der Waals surface area contributed by atoms with Crippen LogP contribution >= 0.6 is 0 Å². The lowest BCUT2D eigenvalue weighted by Gasteiger charge is -2.35. The standard InChI is InChI=1S/C15H21N3O2/c19-18(20)14-5-3-12(4-6-14)11-16-13-7-9-17-8-1-2-15(17)10-13/h3-6,13,15-16H,1-2,7-11H2. The maximum atomic E-state index is 10.6. The predicted molar refractivity (Wildman–Crippen MR) is 77.6 cm³/mol. The van der Waals surface area contributed by atoms with Gasteiger partial charge in [0.15, 0.2) is 0 Å². The fourth-order valence-electron chi connectivity index (χ4n) is 3.41. The van der Waals surface area contributed by atoms with E-state index in [4.69, 9.17) is 0 Å². The Kier molecular flexibility index (Phi) is 3.98. The van der Waals surface area contributed by atoms with Crippen molar-refractivity contribution in [2.24, 2.45) is 0 Å². The molecule has 2 unspecified atom stereocenters. The van der Waals surface area contributed by atoms with E-state index in [1.807, 2.05) is 12.1 Å². The fraction of sp³-hybridized carbons (Fsp3) is 0.600. The lowest BCUT2D eigenvalue weighted by molar-refractivity contribution is -0.384. The first kappa shape index (κ1) is 13.5. The molecule has 0 amide bonds. The molecule has 20 heavy (non-hydrogen) atoms. The molecular weight excluding hydrogens is 254 g/mol. The van der Waals surface area contributed by atoms with E-state index in [9.17, 15) is 10.1 Å². The third-order valence-electron chi connectivity index (χ3n) is 4.56. The lowest BCUT2D eigenvalue weighted by atomic mass is 9.97. The van der Waals surface area contributed by atoms with Gasteiger partial charge in [-0.25, -0.2) is 0 Å². The summed E-state index contributed by atoms with van der Waals surface area (Å²) in [4.78, 5) is 12.9. The Morgan fingerprint density at radius 2 is 2.05 bits per heavy atom. The Morgan fingerprint density at radius 1 is 1.25 bits per heavy atom. The van der Waals surface area contributed by atoms with Gasteiger partial charge in [0.05, 0.1) is 4.92 Å². The van der Waals surface area contributed by atoms with Crippen LogP contribution in [-0.2, 0) is 6.54 Å². The molecule has 0 bridgehead atoms. The number of nitrogens with zero attached hydrogens (tertiary/aromatic N) is 2. The molecule has 2 aliphatic heterocycles. The highest BCUT2D eigenvalue weighted by Crippen LogP contribution is 2.27. The van der Waals surface area contributed by atoms with Crippen molar-refractivity contribution in [1.29, 1.82) is 0 Å². The topological polar surface area (TPSA) is 58.4 Å². The summed E-state index contributed by atoms with van der Waals surface area (Å²) in [5.74, 6) is 0. The summed E-state index contributed by atoms with van der Waals surface area (Å²) in [7, 11) is 0. The quantitative estimate of drug-likeness (QED) is 0.676. The van der Waals surface area contributed by atoms with Gasteiger partial charge in [-0.15, -0.1) is 0 Å². The molecule has 1 aromatic rings. The molecule has 2 heterocycles. The summed E-state index contributed by atoms with van der Waals surface area (Å²) in [6, 6.07) is 8.21. The second kappa shape index (κ2) is 5.89. The molecule has 0 aliphatic carbocycles. The van der Waals surface area contributed by atoms with Gasteiger partial charge in [-0.05, 0) is 44.3 Å². The number of non-ortho nitro benzene ring substituents is 1. The molecule has 1 N–H and O–H groups in total. The van der Waals surface area contributed by atoms with E-state index in [0.717, 1.165) is 18.2 Å². The minimum absolute atomic E-state index is 0.160. The smallest absolute Gasteiger partial charge is 0.269 e. The van der Waals surface area contributed by atoms with Crippen molar-refractivity contribution in [3.8, 4) is 0 Å². The maximum Gasteiger partial charge on any atom is 0.269 e. The molecule has 3 rings (SSSR count). The van der Waals surface area contributed by atoms with Crippen molar-refractivity contribution in [3.05, 3.63) is 39.9 Å². The number of fused-ring (bicyclic) bond motifs is 1. The van der Waals surface area contributed by atoms with E-state index in [-0.39, 0.29) is 10.6 Å². The van der Waals surface area contributed by atoms with Crippen LogP contribution in [0.4, 0.5) is 5.69 Å². The monoisotopic (exact) mass is 275 g/mol. The van der Waals surface area contributed by atoms with Gasteiger partial charge in [0, 0.05) is 30.8 Å². The summed E-state index contributed by atoms with van der Waals surface area (Å²) in [6.45, 7) is 3.29. The van der Waals surface area contributed by atoms with Crippen LogP contribution in [0.25, 0.3) is 0 Å². The van der Waals surface area contributed by atoms with Gasteiger partial charge in [0.2, 0.25) is 0 Å². The molecular formula is C15H21N3O2. The number of rotatable bonds is 4. The highest BCUT2D eigenvalue weighted by molar-refractivity contribution is 5.32. The molecule has 2 fully saturated rings. The van der Waals surface area contributed by atoms with E-state index in [0.29, 0.717) is 6.04 Å². The van der Waals surface area contributed by atoms with E-state index in [1.165, 1.54) is 38.8 Å². The zero-order valence-corrected chi connectivity index (χ0v) is 11.6. The van der Waals surface area contributed by atoms with Gasteiger partial charge in [-0.2, -0.15) is 0 Å². The highest BCUT2D eigenvalue weighted by atomic mass is 16.6. The lowest BCUT2D eigenvalue weighted by Crippen LogP contribution is -2.45. The van der Waals surface area contributed by atoms with Crippen LogP contribution in [0.2, 0.25) is 0 Å². The summed E-state index contributed by atoms with van der Waals surface area (Å²) in [5, 5.41) is 14.2. The third-order valence-corrected chi connectivity index (χ3v) is 4.56. The zero-order chi connectivity index (χ0) is 13.9. The SMILES string of the molecule is O=[N+]([O-])c1ccc(CNC2CCN3CCCC3C2)cc1. The normalized spacial score (nSPS) is 26.4. The van der Waals surface area contributed by atoms with Crippen molar-refractivity contribution in [3.63, 3.8) is 0 Å². The van der Waals surface area contributed by atoms with Crippen LogP contribution in [0.3, 0.4) is 0 Å². The molecule has 0 saturated carbocycles. The maximum absolute atomic E-state index is 10.6. The first-order valence-corrected chi connectivity index (χ1v) is 7.43. The van der Waals surface area contributed by atoms with E-state index < -0.39 is 0 Å². The molecule has 0 radical (unpaired) electrons. The first-order valence-electron chi connectivity index (χ1n) is 7.43. The van der Waals surface area contributed by atoms with Crippen molar-refractivity contribution < 1.29 is 4.92 Å². The summed E-state index contributed by atoms with van der Waals surface area (Å²) in [6.07, 6.45) is 5.14. The first-order chi connectivity index (χ1) is 9.72. The van der Waals surface area contributed by atoms with Gasteiger partial charge in [0.1, 0.15) is 0 Å². The molecule has 5 heteroatoms. The van der Waals surface area contributed by atoms with Crippen LogP contribution in [0.1, 0.15) is 31.2 Å². The average molecular weight is 275 g/mol. The molecule has 5 nitrogen and oxygen atoms in total. The predicted octanol–water partition coefficient (Wildman–Crippen LogP) is 2.31. The Balaban J connectivity index is 1.50. The Bertz CT molecular complexity index is 475. The van der Waals surface area contributed by atoms with E-state index >= 15 is 0 Å². The van der Waals surface area contributed by atoms with E-state index in [1.54, 1.807) is 12.1 Å². The summed E-state index contributed by atoms with van der Waals surface area (Å²) in [5.41, 5.74) is 1.28. The van der Waals surface area contributed by atoms with Crippen molar-refractivity contribution in [1.82, 2.24) is 10.2 Å². The molecule has 2 atom stereocenters. The van der Waals surface area contributed by atoms with Crippen LogP contribution in [0, 0.1) is 10.1 Å². The molecule has 0 spiro atoms. The number of nitrogens with one attached hydrogen (secondary N) is 1. The van der Waals surface area contributed by atoms with Crippen LogP contribution in [0.5, 0.6) is 0 Å². The van der Waals surface area contributed by atoms with Crippen molar-refractivity contribution in [2.75, 3.05) is 13.1 Å². The number of hydrogen-bond acceptors (Lipinski definition) is 4. The molecule has 2 saturated heterocycles. The largest absolute Gasteiger partial charge is 0.310 e. The van der Waals surface area contributed by atoms with E-state index in [2.05, 4.69) is 10.2 Å². The second-order valence-corrected chi connectivity index (χ2v) is 5.86. The van der Waals surface area contributed by atoms with Gasteiger partial charge in [-0.1, -0.05) is 12.1 Å². The number of nitro groups is 1. The Labute approximate surface area is 119 Å². The van der Waals surface area contributed by atoms with Crippen molar-refractivity contribution >= 4 is 5.69 Å². The second-order valence-electron chi connectivity index (χ2n) is 5.86. The third kappa shape index (κ3) is 2.99. The Morgan fingerprint density at radius 3 is 2.80 bits per heavy atom. The fourth-order valence-corrected chi connectivity index (χ4v) is 3.41. The minimum Gasteiger partial charge on any atom is -0.310 e. The number of nitro benzene ring substituents is 1. The highest BCUT2D eigenvalue weighted by Gasteiger charge is 2.31. The molecule has 1 aromatic carbocycles. The zero-order valence-electron chi connectivity index (χ0n) is 11.6. The van der Waals surface area contributed by atoms with Gasteiger partial charge in [0.25, 0.3) is 5.69 Å². The van der Waals surface area contributed by atoms with Gasteiger partial charge < -0.3 is 10.2 Å². The van der Waals surface area contributed by atoms with Crippen LogP contribution < -0.4 is 5.32 Å².